The summed E-state index contributed by atoms with van der Waals surface area (Å²) in [6.45, 7) is 3.13. The van der Waals surface area contributed by atoms with Crippen LogP contribution in [0.2, 0.25) is 0 Å². The summed E-state index contributed by atoms with van der Waals surface area (Å²) in [6, 6.07) is 5.86. The Bertz CT molecular complexity index is 757. The molecule has 1 aromatic carbocycles. The second-order valence-electron chi connectivity index (χ2n) is 5.16. The quantitative estimate of drug-likeness (QED) is 0.783. The van der Waals surface area contributed by atoms with Gasteiger partial charge >= 0.3 is 5.97 Å². The number of carbonyl (C=O) groups is 2. The monoisotopic (exact) mass is 337 g/mol. The number of aliphatic hydroxyl groups is 1. The molecule has 5 nitrogen and oxygen atoms in total. The fourth-order valence-corrected chi connectivity index (χ4v) is 2.94. The average molecular weight is 337 g/mol. The van der Waals surface area contributed by atoms with Crippen molar-refractivity contribution in [3.8, 4) is 0 Å². The van der Waals surface area contributed by atoms with Gasteiger partial charge < -0.3 is 15.5 Å². The van der Waals surface area contributed by atoms with E-state index < -0.39 is 23.8 Å². The number of hydrogen-bond acceptors (Lipinski definition) is 4. The van der Waals surface area contributed by atoms with Crippen molar-refractivity contribution in [2.75, 3.05) is 6.54 Å². The van der Waals surface area contributed by atoms with Gasteiger partial charge in [-0.25, -0.2) is 9.18 Å². The molecule has 0 saturated carbocycles. The minimum absolute atomic E-state index is 0.0965. The number of hydrogen-bond donors (Lipinski definition) is 3. The van der Waals surface area contributed by atoms with Crippen LogP contribution in [0.5, 0.6) is 0 Å². The van der Waals surface area contributed by atoms with E-state index in [-0.39, 0.29) is 16.3 Å². The molecule has 23 heavy (non-hydrogen) atoms. The van der Waals surface area contributed by atoms with Crippen molar-refractivity contribution in [3.05, 3.63) is 56.5 Å². The summed E-state index contributed by atoms with van der Waals surface area (Å²) >= 11 is 0.874. The minimum atomic E-state index is -1.08. The molecule has 0 saturated heterocycles. The summed E-state index contributed by atoms with van der Waals surface area (Å²) in [5.74, 6) is -1.98. The molecule has 0 aliphatic carbocycles. The Balaban J connectivity index is 2.02. The average Bonchev–Trinajstić information content (AvgIpc) is 2.89. The van der Waals surface area contributed by atoms with E-state index in [1.165, 1.54) is 12.1 Å². The fraction of sp³-hybridized carbons (Fsp3) is 0.250. The van der Waals surface area contributed by atoms with E-state index in [1.54, 1.807) is 26.0 Å². The van der Waals surface area contributed by atoms with Gasteiger partial charge in [-0.05, 0) is 42.7 Å². The van der Waals surface area contributed by atoms with E-state index in [2.05, 4.69) is 5.32 Å². The lowest BCUT2D eigenvalue weighted by molar-refractivity contribution is 0.0701. The number of aromatic carboxylic acids is 1. The molecule has 7 heteroatoms. The molecule has 2 aromatic rings. The summed E-state index contributed by atoms with van der Waals surface area (Å²) in [4.78, 5) is 23.3. The lowest BCUT2D eigenvalue weighted by Gasteiger charge is -2.12. The molecule has 0 aliphatic rings. The van der Waals surface area contributed by atoms with E-state index in [9.17, 15) is 19.1 Å². The first-order valence-corrected chi connectivity index (χ1v) is 7.67. The Hall–Kier alpha value is -2.25. The molecule has 1 atom stereocenters. The SMILES string of the molecule is Cc1ccc(C(O)CNC(=O)c2cc(C)c(C(=O)O)s2)cc1F. The topological polar surface area (TPSA) is 86.6 Å². The number of aliphatic hydroxyl groups excluding tert-OH is 1. The number of amides is 1. The van der Waals surface area contributed by atoms with Gasteiger partial charge in [0.25, 0.3) is 5.91 Å². The maximum atomic E-state index is 13.5. The number of thiophene rings is 1. The summed E-state index contributed by atoms with van der Waals surface area (Å²) in [5, 5.41) is 21.5. The van der Waals surface area contributed by atoms with Crippen LogP contribution in [0.15, 0.2) is 24.3 Å². The second-order valence-corrected chi connectivity index (χ2v) is 6.21. The van der Waals surface area contributed by atoms with Gasteiger partial charge in [0, 0.05) is 6.54 Å². The van der Waals surface area contributed by atoms with Gasteiger partial charge in [-0.2, -0.15) is 0 Å². The maximum absolute atomic E-state index is 13.5. The van der Waals surface area contributed by atoms with E-state index in [0.29, 0.717) is 16.7 Å². The van der Waals surface area contributed by atoms with E-state index >= 15 is 0 Å². The summed E-state index contributed by atoms with van der Waals surface area (Å²) in [7, 11) is 0. The highest BCUT2D eigenvalue weighted by atomic mass is 32.1. The zero-order valence-electron chi connectivity index (χ0n) is 12.6. The second kappa shape index (κ2) is 6.89. The van der Waals surface area contributed by atoms with Crippen LogP contribution in [0.3, 0.4) is 0 Å². The number of carbonyl (C=O) groups excluding carboxylic acids is 1. The van der Waals surface area contributed by atoms with Crippen LogP contribution in [-0.2, 0) is 0 Å². The van der Waals surface area contributed by atoms with Gasteiger partial charge in [0.15, 0.2) is 0 Å². The molecule has 122 valence electrons. The van der Waals surface area contributed by atoms with Crippen LogP contribution >= 0.6 is 11.3 Å². The first kappa shape index (κ1) is 17.1. The number of halogens is 1. The molecule has 0 spiro atoms. The molecule has 1 aromatic heterocycles. The number of carboxylic acids is 1. The third-order valence-corrected chi connectivity index (χ3v) is 4.60. The Morgan fingerprint density at radius 1 is 1.26 bits per heavy atom. The summed E-state index contributed by atoms with van der Waals surface area (Å²) < 4.78 is 13.5. The Kier molecular flexibility index (Phi) is 5.12. The molecule has 0 bridgehead atoms. The summed E-state index contributed by atoms with van der Waals surface area (Å²) in [5.41, 5.74) is 1.34. The molecule has 0 fully saturated rings. The standard InChI is InChI=1S/C16H16FNO4S/c1-8-3-4-10(6-11(8)17)12(19)7-18-15(20)13-5-9(2)14(23-13)16(21)22/h3-6,12,19H,7H2,1-2H3,(H,18,20)(H,21,22). The van der Waals surface area contributed by atoms with Crippen LogP contribution in [0, 0.1) is 19.7 Å². The van der Waals surface area contributed by atoms with E-state index in [4.69, 9.17) is 5.11 Å². The number of benzene rings is 1. The first-order valence-electron chi connectivity index (χ1n) is 6.85. The highest BCUT2D eigenvalue weighted by Crippen LogP contribution is 2.22. The molecule has 0 aliphatic heterocycles. The van der Waals surface area contributed by atoms with Crippen molar-refractivity contribution >= 4 is 23.2 Å². The Labute approximate surface area is 136 Å². The predicted molar refractivity (Wildman–Crippen MR) is 84.4 cm³/mol. The fourth-order valence-electron chi connectivity index (χ4n) is 2.02. The normalized spacial score (nSPS) is 12.0. The maximum Gasteiger partial charge on any atom is 0.346 e. The van der Waals surface area contributed by atoms with Crippen LogP contribution < -0.4 is 5.32 Å². The van der Waals surface area contributed by atoms with Crippen LogP contribution in [0.4, 0.5) is 4.39 Å². The first-order chi connectivity index (χ1) is 10.8. The predicted octanol–water partition coefficient (Wildman–Crippen LogP) is 2.67. The lowest BCUT2D eigenvalue weighted by atomic mass is 10.1. The van der Waals surface area contributed by atoms with Gasteiger partial charge in [-0.15, -0.1) is 11.3 Å². The van der Waals surface area contributed by atoms with Crippen LogP contribution in [-0.4, -0.2) is 28.6 Å². The van der Waals surface area contributed by atoms with Crippen molar-refractivity contribution in [2.45, 2.75) is 20.0 Å². The van der Waals surface area contributed by atoms with Crippen molar-refractivity contribution in [2.24, 2.45) is 0 Å². The Morgan fingerprint density at radius 2 is 1.96 bits per heavy atom. The zero-order chi connectivity index (χ0) is 17.1. The van der Waals surface area contributed by atoms with Crippen molar-refractivity contribution < 1.29 is 24.2 Å². The van der Waals surface area contributed by atoms with Crippen LogP contribution in [0.1, 0.15) is 42.1 Å². The number of aryl methyl sites for hydroxylation is 2. The van der Waals surface area contributed by atoms with Crippen molar-refractivity contribution in [1.82, 2.24) is 5.32 Å². The minimum Gasteiger partial charge on any atom is -0.477 e. The number of carboxylic acid groups (broad SMARTS) is 1. The Morgan fingerprint density at radius 3 is 2.52 bits per heavy atom. The summed E-state index contributed by atoms with van der Waals surface area (Å²) in [6.07, 6.45) is -1.05. The third kappa shape index (κ3) is 3.94. The molecule has 0 radical (unpaired) electrons. The largest absolute Gasteiger partial charge is 0.477 e. The van der Waals surface area contributed by atoms with Gasteiger partial charge in [0.1, 0.15) is 10.7 Å². The van der Waals surface area contributed by atoms with E-state index in [0.717, 1.165) is 11.3 Å². The molecule has 1 heterocycles. The van der Waals surface area contributed by atoms with E-state index in [1.807, 2.05) is 0 Å². The smallest absolute Gasteiger partial charge is 0.346 e. The van der Waals surface area contributed by atoms with Gasteiger partial charge in [0.05, 0.1) is 11.0 Å². The highest BCUT2D eigenvalue weighted by molar-refractivity contribution is 7.16. The van der Waals surface area contributed by atoms with Gasteiger partial charge in [0.2, 0.25) is 0 Å². The van der Waals surface area contributed by atoms with Crippen molar-refractivity contribution in [3.63, 3.8) is 0 Å². The molecule has 1 amide bonds. The lowest BCUT2D eigenvalue weighted by Crippen LogP contribution is -2.27. The number of nitrogens with one attached hydrogen (secondary N) is 1. The number of rotatable bonds is 5. The molecule has 3 N–H and O–H groups in total. The molecular weight excluding hydrogens is 321 g/mol. The highest BCUT2D eigenvalue weighted by Gasteiger charge is 2.18. The molecular formula is C16H16FNO4S. The van der Waals surface area contributed by atoms with Gasteiger partial charge in [-0.1, -0.05) is 12.1 Å². The third-order valence-electron chi connectivity index (χ3n) is 3.37. The van der Waals surface area contributed by atoms with Gasteiger partial charge in [-0.3, -0.25) is 4.79 Å². The van der Waals surface area contributed by atoms with Crippen LogP contribution in [0.25, 0.3) is 0 Å². The molecule has 2 rings (SSSR count). The molecule has 1 unspecified atom stereocenters. The zero-order valence-corrected chi connectivity index (χ0v) is 13.4. The van der Waals surface area contributed by atoms with Crippen molar-refractivity contribution in [1.29, 1.82) is 0 Å².